The summed E-state index contributed by atoms with van der Waals surface area (Å²) in [6.45, 7) is 8.58. The number of unbranched alkanes of at least 4 members (excludes halogenated alkanes) is 1. The fraction of sp³-hybridized carbons (Fsp3) is 0.478. The molecule has 1 amide bonds. The van der Waals surface area contributed by atoms with Gasteiger partial charge in [0.05, 0.1) is 18.4 Å². The highest BCUT2D eigenvalue weighted by molar-refractivity contribution is 6.31. The molecule has 0 radical (unpaired) electrons. The quantitative estimate of drug-likeness (QED) is 0.616. The van der Waals surface area contributed by atoms with Gasteiger partial charge in [-0.15, -0.1) is 0 Å². The van der Waals surface area contributed by atoms with Crippen molar-refractivity contribution in [3.8, 4) is 0 Å². The molecular formula is C23H31ClN4O2. The molecule has 0 aliphatic carbocycles. The number of aromatic nitrogens is 2. The molecular weight excluding hydrogens is 400 g/mol. The number of amides is 1. The zero-order chi connectivity index (χ0) is 21.3. The van der Waals surface area contributed by atoms with Crippen LogP contribution >= 0.6 is 11.6 Å². The Kier molecular flexibility index (Phi) is 8.49. The van der Waals surface area contributed by atoms with Crippen molar-refractivity contribution in [1.82, 2.24) is 20.0 Å². The number of ether oxygens (including phenoxy) is 1. The van der Waals surface area contributed by atoms with E-state index in [1.165, 1.54) is 11.6 Å². The van der Waals surface area contributed by atoms with Crippen molar-refractivity contribution < 1.29 is 9.53 Å². The minimum absolute atomic E-state index is 0.0121. The van der Waals surface area contributed by atoms with Crippen LogP contribution in [0.25, 0.3) is 6.08 Å². The number of carbonyl (C=O) groups is 1. The highest BCUT2D eigenvalue weighted by atomic mass is 35.5. The maximum absolute atomic E-state index is 12.3. The second-order valence-electron chi connectivity index (χ2n) is 7.66. The van der Waals surface area contributed by atoms with E-state index in [-0.39, 0.29) is 12.0 Å². The fourth-order valence-electron chi connectivity index (χ4n) is 3.53. The maximum Gasteiger partial charge on any atom is 0.244 e. The second kappa shape index (κ2) is 11.3. The molecule has 1 aliphatic rings. The van der Waals surface area contributed by atoms with Crippen LogP contribution in [-0.4, -0.2) is 52.9 Å². The molecule has 1 aromatic carbocycles. The Morgan fingerprint density at radius 1 is 1.37 bits per heavy atom. The summed E-state index contributed by atoms with van der Waals surface area (Å²) in [6, 6.07) is 10.4. The Hall–Kier alpha value is -2.15. The average molecular weight is 431 g/mol. The largest absolute Gasteiger partial charge is 0.374 e. The lowest BCUT2D eigenvalue weighted by atomic mass is 10.2. The van der Waals surface area contributed by atoms with Crippen LogP contribution in [-0.2, 0) is 22.6 Å². The number of carbonyl (C=O) groups excluding carboxylic acids is 1. The van der Waals surface area contributed by atoms with E-state index in [1.54, 1.807) is 10.8 Å². The van der Waals surface area contributed by atoms with Crippen LogP contribution in [0.3, 0.4) is 0 Å². The van der Waals surface area contributed by atoms with E-state index in [2.05, 4.69) is 46.5 Å². The molecule has 30 heavy (non-hydrogen) atoms. The first kappa shape index (κ1) is 22.5. The molecule has 7 heteroatoms. The van der Waals surface area contributed by atoms with E-state index < -0.39 is 0 Å². The molecule has 1 atom stereocenters. The van der Waals surface area contributed by atoms with Crippen molar-refractivity contribution >= 4 is 23.6 Å². The van der Waals surface area contributed by atoms with Crippen LogP contribution in [0.1, 0.15) is 36.6 Å². The van der Waals surface area contributed by atoms with E-state index in [9.17, 15) is 4.79 Å². The molecule has 1 aromatic heterocycles. The summed E-state index contributed by atoms with van der Waals surface area (Å²) in [5, 5.41) is 7.98. The lowest BCUT2D eigenvalue weighted by Crippen LogP contribution is -2.46. The first-order chi connectivity index (χ1) is 14.6. The Morgan fingerprint density at radius 3 is 2.93 bits per heavy atom. The molecule has 1 saturated heterocycles. The topological polar surface area (TPSA) is 59.4 Å². The summed E-state index contributed by atoms with van der Waals surface area (Å²) in [5.74, 6) is -0.157. The number of morpholine rings is 1. The Morgan fingerprint density at radius 2 is 2.17 bits per heavy atom. The van der Waals surface area contributed by atoms with Crippen LogP contribution in [0.5, 0.6) is 0 Å². The van der Waals surface area contributed by atoms with Gasteiger partial charge in [0.15, 0.2) is 0 Å². The van der Waals surface area contributed by atoms with Gasteiger partial charge in [0.2, 0.25) is 5.91 Å². The molecule has 2 aromatic rings. The first-order valence-corrected chi connectivity index (χ1v) is 11.0. The van der Waals surface area contributed by atoms with Crippen molar-refractivity contribution in [3.63, 3.8) is 0 Å². The number of benzene rings is 1. The third-order valence-corrected chi connectivity index (χ3v) is 5.61. The van der Waals surface area contributed by atoms with E-state index in [1.807, 2.05) is 13.0 Å². The summed E-state index contributed by atoms with van der Waals surface area (Å²) in [4.78, 5) is 14.7. The summed E-state index contributed by atoms with van der Waals surface area (Å²) < 4.78 is 7.62. The predicted octanol–water partition coefficient (Wildman–Crippen LogP) is 3.68. The standard InChI is InChI=1S/C23H31ClN4O2/c1-3-4-12-28-23(24)21(18(2)26-28)10-11-22(29)25-15-20-17-27(13-14-30-20)16-19-8-6-5-7-9-19/h5-11,20H,3-4,12-17H2,1-2H3,(H,25,29)/b11-10+. The van der Waals surface area contributed by atoms with E-state index in [4.69, 9.17) is 16.3 Å². The number of hydrogen-bond donors (Lipinski definition) is 1. The Labute approximate surface area is 183 Å². The summed E-state index contributed by atoms with van der Waals surface area (Å²) in [7, 11) is 0. The van der Waals surface area contributed by atoms with Crippen LogP contribution < -0.4 is 5.32 Å². The molecule has 0 saturated carbocycles. The maximum atomic E-state index is 12.3. The second-order valence-corrected chi connectivity index (χ2v) is 8.02. The molecule has 3 rings (SSSR count). The van der Waals surface area contributed by atoms with Gasteiger partial charge in [-0.1, -0.05) is 55.3 Å². The van der Waals surface area contributed by atoms with Gasteiger partial charge in [0, 0.05) is 44.4 Å². The van der Waals surface area contributed by atoms with E-state index in [0.29, 0.717) is 18.3 Å². The van der Waals surface area contributed by atoms with Gasteiger partial charge in [0.1, 0.15) is 5.15 Å². The van der Waals surface area contributed by atoms with Crippen molar-refractivity contribution in [2.75, 3.05) is 26.2 Å². The molecule has 1 fully saturated rings. The number of halogens is 1. The van der Waals surface area contributed by atoms with Gasteiger partial charge >= 0.3 is 0 Å². The normalized spacial score (nSPS) is 17.5. The monoisotopic (exact) mass is 430 g/mol. The lowest BCUT2D eigenvalue weighted by molar-refractivity contribution is -0.117. The van der Waals surface area contributed by atoms with Gasteiger partial charge < -0.3 is 10.1 Å². The Balaban J connectivity index is 1.48. The smallest absolute Gasteiger partial charge is 0.244 e. The summed E-state index contributed by atoms with van der Waals surface area (Å²) >= 11 is 6.42. The molecule has 162 valence electrons. The number of rotatable bonds is 9. The van der Waals surface area contributed by atoms with E-state index in [0.717, 1.165) is 50.3 Å². The highest BCUT2D eigenvalue weighted by Gasteiger charge is 2.20. The van der Waals surface area contributed by atoms with E-state index >= 15 is 0 Å². The van der Waals surface area contributed by atoms with Crippen LogP contribution in [0, 0.1) is 6.92 Å². The third kappa shape index (κ3) is 6.42. The van der Waals surface area contributed by atoms with Crippen LogP contribution in [0.2, 0.25) is 5.15 Å². The zero-order valence-corrected chi connectivity index (χ0v) is 18.6. The first-order valence-electron chi connectivity index (χ1n) is 10.6. The van der Waals surface area contributed by atoms with Crippen molar-refractivity contribution in [1.29, 1.82) is 0 Å². The van der Waals surface area contributed by atoms with Gasteiger partial charge in [-0.2, -0.15) is 5.10 Å². The highest BCUT2D eigenvalue weighted by Crippen LogP contribution is 2.21. The van der Waals surface area contributed by atoms with Crippen molar-refractivity contribution in [2.24, 2.45) is 0 Å². The number of hydrogen-bond acceptors (Lipinski definition) is 4. The Bertz CT molecular complexity index is 850. The summed E-state index contributed by atoms with van der Waals surface area (Å²) in [6.07, 6.45) is 5.35. The molecule has 1 aliphatic heterocycles. The molecule has 6 nitrogen and oxygen atoms in total. The van der Waals surface area contributed by atoms with Crippen molar-refractivity contribution in [2.45, 2.75) is 45.9 Å². The van der Waals surface area contributed by atoms with Gasteiger partial charge in [-0.3, -0.25) is 14.4 Å². The average Bonchev–Trinajstić information content (AvgIpc) is 3.03. The number of nitrogens with zero attached hydrogens (tertiary/aromatic N) is 3. The molecule has 0 bridgehead atoms. The third-order valence-electron chi connectivity index (χ3n) is 5.21. The zero-order valence-electron chi connectivity index (χ0n) is 17.8. The van der Waals surface area contributed by atoms with Crippen molar-refractivity contribution in [3.05, 3.63) is 58.4 Å². The lowest BCUT2D eigenvalue weighted by Gasteiger charge is -2.33. The number of aryl methyl sites for hydroxylation is 2. The molecule has 1 N–H and O–H groups in total. The minimum Gasteiger partial charge on any atom is -0.374 e. The van der Waals surface area contributed by atoms with Crippen LogP contribution in [0.4, 0.5) is 0 Å². The molecule has 1 unspecified atom stereocenters. The fourth-order valence-corrected chi connectivity index (χ4v) is 3.86. The molecule has 0 spiro atoms. The van der Waals surface area contributed by atoms with Crippen LogP contribution in [0.15, 0.2) is 36.4 Å². The van der Waals surface area contributed by atoms with Gasteiger partial charge in [0.25, 0.3) is 0 Å². The predicted molar refractivity (Wildman–Crippen MR) is 120 cm³/mol. The minimum atomic E-state index is -0.157. The molecule has 2 heterocycles. The van der Waals surface area contributed by atoms with Gasteiger partial charge in [-0.05, 0) is 25.0 Å². The SMILES string of the molecule is CCCCn1nc(C)c(/C=C/C(=O)NCC2CN(Cc3ccccc3)CCO2)c1Cl. The summed E-state index contributed by atoms with van der Waals surface area (Å²) in [5.41, 5.74) is 2.91. The number of nitrogens with one attached hydrogen (secondary N) is 1. The van der Waals surface area contributed by atoms with Gasteiger partial charge in [-0.25, -0.2) is 0 Å².